The van der Waals surface area contributed by atoms with Crippen LogP contribution in [-0.2, 0) is 20.9 Å². The second-order valence-corrected chi connectivity index (χ2v) is 8.59. The molecule has 7 heteroatoms. The van der Waals surface area contributed by atoms with Gasteiger partial charge in [-0.3, -0.25) is 9.69 Å². The molecule has 0 saturated heterocycles. The quantitative estimate of drug-likeness (QED) is 0.469. The highest BCUT2D eigenvalue weighted by atomic mass is 19.1. The van der Waals surface area contributed by atoms with Crippen molar-refractivity contribution < 1.29 is 28.2 Å². The molecule has 3 aromatic rings. The summed E-state index contributed by atoms with van der Waals surface area (Å²) in [7, 11) is 1.55. The number of carbonyl (C=O) groups is 2. The second-order valence-electron chi connectivity index (χ2n) is 8.59. The van der Waals surface area contributed by atoms with E-state index in [0.717, 1.165) is 16.7 Å². The van der Waals surface area contributed by atoms with Crippen molar-refractivity contribution in [2.75, 3.05) is 18.6 Å². The molecule has 1 unspecified atom stereocenters. The van der Waals surface area contributed by atoms with Gasteiger partial charge < -0.3 is 14.2 Å². The van der Waals surface area contributed by atoms with E-state index in [9.17, 15) is 14.0 Å². The van der Waals surface area contributed by atoms with Gasteiger partial charge in [0.05, 0.1) is 18.4 Å². The van der Waals surface area contributed by atoms with Crippen LogP contribution in [0.1, 0.15) is 29.0 Å². The molecule has 0 bridgehead atoms. The van der Waals surface area contributed by atoms with Crippen LogP contribution in [0, 0.1) is 12.7 Å². The summed E-state index contributed by atoms with van der Waals surface area (Å²) in [6, 6.07) is 19.1. The average Bonchev–Trinajstić information content (AvgIpc) is 3.24. The smallest absolute Gasteiger partial charge is 0.336 e. The van der Waals surface area contributed by atoms with Gasteiger partial charge in [0.1, 0.15) is 19.0 Å². The summed E-state index contributed by atoms with van der Waals surface area (Å²) in [6.45, 7) is 2.40. The number of aryl methyl sites for hydroxylation is 1. The fourth-order valence-corrected chi connectivity index (χ4v) is 4.61. The Kier molecular flexibility index (Phi) is 5.99. The summed E-state index contributed by atoms with van der Waals surface area (Å²) in [5, 5.41) is 0. The Hall–Kier alpha value is -4.13. The number of ether oxygens (including phenoxy) is 3. The van der Waals surface area contributed by atoms with Gasteiger partial charge in [-0.15, -0.1) is 0 Å². The van der Waals surface area contributed by atoms with Gasteiger partial charge >= 0.3 is 5.97 Å². The number of rotatable bonds is 6. The van der Waals surface area contributed by atoms with Gasteiger partial charge in [-0.2, -0.15) is 0 Å². The second kappa shape index (κ2) is 9.25. The van der Waals surface area contributed by atoms with Crippen LogP contribution in [0.2, 0.25) is 0 Å². The largest absolute Gasteiger partial charge is 0.493 e. The van der Waals surface area contributed by atoms with E-state index in [1.165, 1.54) is 29.2 Å². The van der Waals surface area contributed by atoms with E-state index in [-0.39, 0.29) is 18.9 Å². The number of cyclic esters (lactones) is 1. The zero-order chi connectivity index (χ0) is 24.5. The first-order valence-electron chi connectivity index (χ1n) is 11.3. The van der Waals surface area contributed by atoms with Crippen LogP contribution < -0.4 is 14.4 Å². The average molecular weight is 474 g/mol. The summed E-state index contributed by atoms with van der Waals surface area (Å²) < 4.78 is 30.3. The Bertz CT molecular complexity index is 1330. The zero-order valence-electron chi connectivity index (χ0n) is 19.4. The third-order valence-corrected chi connectivity index (χ3v) is 6.27. The van der Waals surface area contributed by atoms with Gasteiger partial charge in [-0.25, -0.2) is 9.18 Å². The molecule has 0 saturated carbocycles. The lowest BCUT2D eigenvalue weighted by molar-refractivity contribution is -0.136. The van der Waals surface area contributed by atoms with Crippen molar-refractivity contribution in [3.8, 4) is 11.5 Å². The van der Waals surface area contributed by atoms with Crippen LogP contribution in [0.25, 0.3) is 0 Å². The van der Waals surface area contributed by atoms with Crippen molar-refractivity contribution in [2.45, 2.75) is 25.9 Å². The number of methoxy groups -OCH3 is 1. The number of hydrogen-bond acceptors (Lipinski definition) is 5. The van der Waals surface area contributed by atoms with Gasteiger partial charge in [0.15, 0.2) is 11.5 Å². The highest BCUT2D eigenvalue weighted by molar-refractivity contribution is 6.06. The predicted molar refractivity (Wildman–Crippen MR) is 128 cm³/mol. The molecule has 0 N–H and O–H groups in total. The molecule has 2 heterocycles. The summed E-state index contributed by atoms with van der Waals surface area (Å²) in [5.41, 5.74) is 4.36. The minimum atomic E-state index is -0.482. The fourth-order valence-electron chi connectivity index (χ4n) is 4.61. The van der Waals surface area contributed by atoms with Gasteiger partial charge in [-0.05, 0) is 54.4 Å². The first kappa shape index (κ1) is 22.7. The maximum absolute atomic E-state index is 13.4. The summed E-state index contributed by atoms with van der Waals surface area (Å²) in [4.78, 5) is 27.4. The molecular formula is C28H24FNO5. The van der Waals surface area contributed by atoms with Crippen molar-refractivity contribution in [1.82, 2.24) is 0 Å². The number of hydrogen-bond donors (Lipinski definition) is 0. The number of carbonyl (C=O) groups excluding carboxylic acids is 2. The highest BCUT2D eigenvalue weighted by Crippen LogP contribution is 2.43. The van der Waals surface area contributed by atoms with Crippen molar-refractivity contribution in [1.29, 1.82) is 0 Å². The SMILES string of the molecule is COc1cc(C2CC(=O)N(c3ccc(F)cc3)C3=C2C(=O)OC3)ccc1OCc1cccc(C)c1. The molecule has 0 aliphatic carbocycles. The lowest BCUT2D eigenvalue weighted by Crippen LogP contribution is -2.37. The van der Waals surface area contributed by atoms with Gasteiger partial charge in [0, 0.05) is 18.0 Å². The molecule has 0 fully saturated rings. The van der Waals surface area contributed by atoms with E-state index in [1.54, 1.807) is 19.2 Å². The van der Waals surface area contributed by atoms with Gasteiger partial charge in [0.2, 0.25) is 5.91 Å². The molecule has 1 amide bonds. The van der Waals surface area contributed by atoms with E-state index < -0.39 is 17.7 Å². The standard InChI is InChI=1S/C28H24FNO5/c1-17-4-3-5-18(12-17)15-34-24-11-6-19(13-25(24)33-2)22-14-26(31)30(21-9-7-20(29)8-10-21)23-16-35-28(32)27(22)23/h3-13,22H,14-16H2,1-2H3. The molecule has 6 nitrogen and oxygen atoms in total. The normalized spacial score (nSPS) is 17.3. The molecule has 178 valence electrons. The first-order chi connectivity index (χ1) is 16.9. The van der Waals surface area contributed by atoms with Crippen LogP contribution in [0.15, 0.2) is 78.0 Å². The molecule has 2 aliphatic heterocycles. The van der Waals surface area contributed by atoms with Crippen LogP contribution >= 0.6 is 0 Å². The number of halogens is 1. The number of anilines is 1. The number of amides is 1. The molecule has 0 aromatic heterocycles. The zero-order valence-corrected chi connectivity index (χ0v) is 19.4. The van der Waals surface area contributed by atoms with E-state index in [2.05, 4.69) is 6.07 Å². The van der Waals surface area contributed by atoms with Crippen LogP contribution in [-0.4, -0.2) is 25.6 Å². The third-order valence-electron chi connectivity index (χ3n) is 6.27. The molecule has 5 rings (SSSR count). The Morgan fingerprint density at radius 1 is 1.03 bits per heavy atom. The Morgan fingerprint density at radius 3 is 2.57 bits per heavy atom. The molecule has 3 aromatic carbocycles. The monoisotopic (exact) mass is 473 g/mol. The van der Waals surface area contributed by atoms with Crippen molar-refractivity contribution in [3.63, 3.8) is 0 Å². The first-order valence-corrected chi connectivity index (χ1v) is 11.3. The number of esters is 1. The van der Waals surface area contributed by atoms with Crippen molar-refractivity contribution >= 4 is 17.6 Å². The van der Waals surface area contributed by atoms with Crippen LogP contribution in [0.3, 0.4) is 0 Å². The highest BCUT2D eigenvalue weighted by Gasteiger charge is 2.43. The Morgan fingerprint density at radius 2 is 1.83 bits per heavy atom. The maximum Gasteiger partial charge on any atom is 0.336 e. The molecule has 0 radical (unpaired) electrons. The van der Waals surface area contributed by atoms with Gasteiger partial charge in [-0.1, -0.05) is 35.9 Å². The van der Waals surface area contributed by atoms with Crippen molar-refractivity contribution in [2.24, 2.45) is 0 Å². The maximum atomic E-state index is 13.4. The summed E-state index contributed by atoms with van der Waals surface area (Å²) in [6.07, 6.45) is 0.0674. The molecule has 2 aliphatic rings. The molecule has 0 spiro atoms. The Balaban J connectivity index is 1.45. The summed E-state index contributed by atoms with van der Waals surface area (Å²) in [5.74, 6) is -0.460. The van der Waals surface area contributed by atoms with E-state index in [0.29, 0.717) is 35.1 Å². The van der Waals surface area contributed by atoms with Crippen molar-refractivity contribution in [3.05, 3.63) is 101 Å². The van der Waals surface area contributed by atoms with E-state index in [4.69, 9.17) is 14.2 Å². The topological polar surface area (TPSA) is 65.1 Å². The third kappa shape index (κ3) is 4.37. The van der Waals surface area contributed by atoms with E-state index in [1.807, 2.05) is 31.2 Å². The number of nitrogens with zero attached hydrogens (tertiary/aromatic N) is 1. The Labute approximate surface area is 202 Å². The molecular weight excluding hydrogens is 449 g/mol. The molecule has 1 atom stereocenters. The van der Waals surface area contributed by atoms with Crippen LogP contribution in [0.4, 0.5) is 10.1 Å². The summed E-state index contributed by atoms with van der Waals surface area (Å²) >= 11 is 0. The van der Waals surface area contributed by atoms with Crippen LogP contribution in [0.5, 0.6) is 11.5 Å². The minimum Gasteiger partial charge on any atom is -0.493 e. The van der Waals surface area contributed by atoms with E-state index >= 15 is 0 Å². The number of benzene rings is 3. The predicted octanol–water partition coefficient (Wildman–Crippen LogP) is 5.05. The minimum absolute atomic E-state index is 0.0113. The van der Waals surface area contributed by atoms with Gasteiger partial charge in [0.25, 0.3) is 0 Å². The molecule has 35 heavy (non-hydrogen) atoms. The fraction of sp³-hybridized carbons (Fsp3) is 0.214. The lowest BCUT2D eigenvalue weighted by Gasteiger charge is -2.32. The lowest BCUT2D eigenvalue weighted by atomic mass is 9.84.